The summed E-state index contributed by atoms with van der Waals surface area (Å²) >= 11 is 8.83. The Hall–Kier alpha value is -2.69. The Morgan fingerprint density at radius 3 is 2.71 bits per heavy atom. The zero-order chi connectivity index (χ0) is 24.7. The minimum atomic E-state index is -0.421. The Labute approximate surface area is 215 Å². The number of hydrogen-bond donors (Lipinski definition) is 2. The second-order valence-corrected chi connectivity index (χ2v) is 12.2. The van der Waals surface area contributed by atoms with E-state index in [0.717, 1.165) is 35.1 Å². The molecule has 0 radical (unpaired) electrons. The highest BCUT2D eigenvalue weighted by Crippen LogP contribution is 2.43. The molecular formula is C24H25ClN6O2S2. The maximum Gasteiger partial charge on any atom is 0.269 e. The van der Waals surface area contributed by atoms with Gasteiger partial charge in [-0.1, -0.05) is 44.1 Å². The molecule has 182 valence electrons. The molecule has 1 aliphatic rings. The maximum absolute atomic E-state index is 12.3. The van der Waals surface area contributed by atoms with Crippen LogP contribution in [0.15, 0.2) is 35.7 Å². The third kappa shape index (κ3) is 4.87. The number of rotatable bonds is 4. The topological polar surface area (TPSA) is 101 Å². The molecule has 5 rings (SSSR count). The lowest BCUT2D eigenvalue weighted by atomic mass is 9.72. The first kappa shape index (κ1) is 24.0. The zero-order valence-corrected chi connectivity index (χ0v) is 22.0. The molecule has 1 aliphatic carbocycles. The number of benzene rings is 1. The molecule has 3 heterocycles. The van der Waals surface area contributed by atoms with Crippen LogP contribution < -0.4 is 10.9 Å². The van der Waals surface area contributed by atoms with Gasteiger partial charge in [-0.2, -0.15) is 0 Å². The fourth-order valence-electron chi connectivity index (χ4n) is 4.36. The molecule has 3 aromatic heterocycles. The molecule has 0 bridgehead atoms. The van der Waals surface area contributed by atoms with E-state index < -0.39 is 5.91 Å². The van der Waals surface area contributed by atoms with Gasteiger partial charge in [0.2, 0.25) is 5.91 Å². The summed E-state index contributed by atoms with van der Waals surface area (Å²) in [7, 11) is 0. The highest BCUT2D eigenvalue weighted by Gasteiger charge is 2.32. The SMILES string of the molecule is CC(C)(C)[C@H]1CCc2c(sc3ncn4c(SCC(=O)NNC(=O)c5ccc(Cl)cc5)nnc4c23)C1. The molecule has 0 fully saturated rings. The van der Waals surface area contributed by atoms with E-state index in [1.54, 1.807) is 41.9 Å². The lowest BCUT2D eigenvalue weighted by molar-refractivity contribution is -0.119. The van der Waals surface area contributed by atoms with Crippen LogP contribution in [0.2, 0.25) is 5.02 Å². The molecule has 0 spiro atoms. The number of hydrazine groups is 1. The van der Waals surface area contributed by atoms with Gasteiger partial charge in [-0.25, -0.2) is 4.98 Å². The third-order valence-corrected chi connectivity index (χ3v) is 8.76. The Morgan fingerprint density at radius 2 is 1.97 bits per heavy atom. The van der Waals surface area contributed by atoms with Crippen molar-refractivity contribution in [2.75, 3.05) is 5.75 Å². The molecule has 2 N–H and O–H groups in total. The van der Waals surface area contributed by atoms with Gasteiger partial charge >= 0.3 is 0 Å². The summed E-state index contributed by atoms with van der Waals surface area (Å²) < 4.78 is 1.84. The minimum absolute atomic E-state index is 0.0642. The Bertz CT molecular complexity index is 1420. The van der Waals surface area contributed by atoms with Gasteiger partial charge in [0.1, 0.15) is 11.2 Å². The number of nitrogens with zero attached hydrogens (tertiary/aromatic N) is 4. The van der Waals surface area contributed by atoms with Crippen LogP contribution in [0, 0.1) is 11.3 Å². The number of amides is 2. The van der Waals surface area contributed by atoms with Gasteiger partial charge in [0.15, 0.2) is 10.8 Å². The number of aryl methyl sites for hydroxylation is 1. The largest absolute Gasteiger partial charge is 0.272 e. The number of halogens is 1. The predicted molar refractivity (Wildman–Crippen MR) is 139 cm³/mol. The number of thiophene rings is 1. The van der Waals surface area contributed by atoms with E-state index in [9.17, 15) is 9.59 Å². The van der Waals surface area contributed by atoms with Crippen LogP contribution in [0.3, 0.4) is 0 Å². The van der Waals surface area contributed by atoms with Crippen LogP contribution >= 0.6 is 34.7 Å². The van der Waals surface area contributed by atoms with Crippen molar-refractivity contribution in [3.63, 3.8) is 0 Å². The molecule has 35 heavy (non-hydrogen) atoms. The summed E-state index contributed by atoms with van der Waals surface area (Å²) in [6.45, 7) is 6.94. The highest BCUT2D eigenvalue weighted by atomic mass is 35.5. The lowest BCUT2D eigenvalue weighted by Gasteiger charge is -2.33. The second-order valence-electron chi connectivity index (χ2n) is 9.71. The van der Waals surface area contributed by atoms with Crippen LogP contribution in [0.5, 0.6) is 0 Å². The average Bonchev–Trinajstić information content (AvgIpc) is 3.41. The smallest absolute Gasteiger partial charge is 0.269 e. The fraction of sp³-hybridized carbons (Fsp3) is 0.375. The van der Waals surface area contributed by atoms with Gasteiger partial charge in [0.05, 0.1) is 11.1 Å². The summed E-state index contributed by atoms with van der Waals surface area (Å²) in [6.07, 6.45) is 4.97. The number of fused-ring (bicyclic) bond motifs is 5. The molecule has 1 atom stereocenters. The van der Waals surface area contributed by atoms with E-state index in [-0.39, 0.29) is 17.1 Å². The van der Waals surface area contributed by atoms with E-state index >= 15 is 0 Å². The van der Waals surface area contributed by atoms with Crippen molar-refractivity contribution in [3.8, 4) is 0 Å². The van der Waals surface area contributed by atoms with Gasteiger partial charge in [-0.15, -0.1) is 21.5 Å². The molecule has 0 saturated heterocycles. The normalized spacial score (nSPS) is 15.8. The zero-order valence-electron chi connectivity index (χ0n) is 19.6. The van der Waals surface area contributed by atoms with Crippen molar-refractivity contribution in [2.45, 2.75) is 45.2 Å². The molecule has 4 aromatic rings. The molecular weight excluding hydrogens is 504 g/mol. The number of nitrogens with one attached hydrogen (secondary N) is 2. The van der Waals surface area contributed by atoms with Crippen LogP contribution in [0.4, 0.5) is 0 Å². The molecule has 0 saturated carbocycles. The average molecular weight is 529 g/mol. The molecule has 0 unspecified atom stereocenters. The lowest BCUT2D eigenvalue weighted by Crippen LogP contribution is -2.42. The van der Waals surface area contributed by atoms with Gasteiger partial charge in [-0.3, -0.25) is 24.8 Å². The first-order valence-electron chi connectivity index (χ1n) is 11.3. The summed E-state index contributed by atoms with van der Waals surface area (Å²) in [5.74, 6) is -0.0594. The molecule has 1 aromatic carbocycles. The van der Waals surface area contributed by atoms with Gasteiger partial charge in [0, 0.05) is 15.5 Å². The van der Waals surface area contributed by atoms with E-state index in [2.05, 4.69) is 46.8 Å². The first-order valence-corrected chi connectivity index (χ1v) is 13.5. The maximum atomic E-state index is 12.3. The van der Waals surface area contributed by atoms with Crippen molar-refractivity contribution in [3.05, 3.63) is 51.6 Å². The quantitative estimate of drug-likeness (QED) is 0.294. The number of carbonyl (C=O) groups is 2. The van der Waals surface area contributed by atoms with Crippen LogP contribution in [0.25, 0.3) is 15.9 Å². The number of thioether (sulfide) groups is 1. The summed E-state index contributed by atoms with van der Waals surface area (Å²) in [5, 5.41) is 10.9. The minimum Gasteiger partial charge on any atom is -0.272 e. The van der Waals surface area contributed by atoms with Crippen LogP contribution in [-0.2, 0) is 17.6 Å². The van der Waals surface area contributed by atoms with Gasteiger partial charge in [-0.05, 0) is 60.4 Å². The number of hydrogen-bond acceptors (Lipinski definition) is 7. The molecule has 11 heteroatoms. The first-order chi connectivity index (χ1) is 16.7. The second kappa shape index (κ2) is 9.40. The van der Waals surface area contributed by atoms with Crippen molar-refractivity contribution < 1.29 is 9.59 Å². The molecule has 8 nitrogen and oxygen atoms in total. The summed E-state index contributed by atoms with van der Waals surface area (Å²) in [5.41, 5.74) is 7.63. The summed E-state index contributed by atoms with van der Waals surface area (Å²) in [6, 6.07) is 6.40. The Kier molecular flexibility index (Phi) is 6.45. The van der Waals surface area contributed by atoms with Crippen molar-refractivity contribution >= 4 is 62.4 Å². The van der Waals surface area contributed by atoms with Crippen molar-refractivity contribution in [1.82, 2.24) is 30.4 Å². The van der Waals surface area contributed by atoms with E-state index in [0.29, 0.717) is 21.7 Å². The standard InChI is InChI=1S/C24H25ClN6O2S2/c1-24(2,3)14-6-9-16-17(10-14)35-22-19(16)20-28-30-23(31(20)12-26-22)34-11-18(32)27-29-21(33)13-4-7-15(25)8-5-13/h4-5,7-8,12,14H,6,9-11H2,1-3H3,(H,27,32)(H,29,33)/t14-/m0/s1. The monoisotopic (exact) mass is 528 g/mol. The van der Waals surface area contributed by atoms with E-state index in [4.69, 9.17) is 11.6 Å². The number of aromatic nitrogens is 4. The Morgan fingerprint density at radius 1 is 1.20 bits per heavy atom. The molecule has 2 amide bonds. The fourth-order valence-corrected chi connectivity index (χ4v) is 6.45. The van der Waals surface area contributed by atoms with Crippen LogP contribution in [0.1, 0.15) is 48.0 Å². The predicted octanol–water partition coefficient (Wildman–Crippen LogP) is 4.70. The van der Waals surface area contributed by atoms with E-state index in [1.165, 1.54) is 22.2 Å². The van der Waals surface area contributed by atoms with Crippen molar-refractivity contribution in [2.24, 2.45) is 11.3 Å². The Balaban J connectivity index is 1.27. The van der Waals surface area contributed by atoms with Gasteiger partial charge in [0.25, 0.3) is 5.91 Å². The number of carbonyl (C=O) groups excluding carboxylic acids is 2. The van der Waals surface area contributed by atoms with Crippen molar-refractivity contribution in [1.29, 1.82) is 0 Å². The van der Waals surface area contributed by atoms with Gasteiger partial charge < -0.3 is 0 Å². The molecule has 0 aliphatic heterocycles. The van der Waals surface area contributed by atoms with E-state index in [1.807, 2.05) is 4.40 Å². The third-order valence-electron chi connectivity index (χ3n) is 6.40. The van der Waals surface area contributed by atoms with Crippen LogP contribution in [-0.4, -0.2) is 37.1 Å². The highest BCUT2D eigenvalue weighted by molar-refractivity contribution is 7.99. The summed E-state index contributed by atoms with van der Waals surface area (Å²) in [4.78, 5) is 31.5.